The molecule has 0 amide bonds. The third-order valence-electron chi connectivity index (χ3n) is 3.69. The van der Waals surface area contributed by atoms with Crippen molar-refractivity contribution in [3.8, 4) is 0 Å². The Morgan fingerprint density at radius 3 is 2.43 bits per heavy atom. The Morgan fingerprint density at radius 1 is 1.10 bits per heavy atom. The van der Waals surface area contributed by atoms with Crippen LogP contribution in [-0.4, -0.2) is 21.0 Å². The van der Waals surface area contributed by atoms with Gasteiger partial charge in [0.2, 0.25) is 0 Å². The molecule has 3 aromatic rings. The van der Waals surface area contributed by atoms with E-state index < -0.39 is 6.10 Å². The van der Waals surface area contributed by atoms with E-state index in [2.05, 4.69) is 5.10 Å². The fraction of sp³-hybridized carbons (Fsp3) is 0.235. The summed E-state index contributed by atoms with van der Waals surface area (Å²) in [6, 6.07) is 17.8. The number of rotatable bonds is 4. The zero-order chi connectivity index (χ0) is 14.8. The molecule has 4 heteroatoms. The number of anilines is 1. The average molecular weight is 281 g/mol. The Labute approximate surface area is 123 Å². The third-order valence-corrected chi connectivity index (χ3v) is 3.69. The van der Waals surface area contributed by atoms with Crippen molar-refractivity contribution in [3.05, 3.63) is 60.2 Å². The molecule has 0 saturated carbocycles. The topological polar surface area (TPSA) is 64.1 Å². The molecule has 0 aliphatic heterocycles. The van der Waals surface area contributed by atoms with Crippen LogP contribution in [0.2, 0.25) is 0 Å². The summed E-state index contributed by atoms with van der Waals surface area (Å²) in [5.41, 5.74) is 8.24. The number of nitrogens with zero attached hydrogens (tertiary/aromatic N) is 2. The van der Waals surface area contributed by atoms with E-state index in [1.807, 2.05) is 59.3 Å². The van der Waals surface area contributed by atoms with E-state index in [4.69, 9.17) is 5.73 Å². The van der Waals surface area contributed by atoms with Gasteiger partial charge in [-0.1, -0.05) is 42.5 Å². The molecule has 0 aliphatic carbocycles. The lowest BCUT2D eigenvalue weighted by molar-refractivity contribution is 0.167. The second-order valence-electron chi connectivity index (χ2n) is 5.36. The maximum Gasteiger partial charge on any atom is 0.130 e. The van der Waals surface area contributed by atoms with Crippen molar-refractivity contribution >= 4 is 16.7 Å². The van der Waals surface area contributed by atoms with Crippen LogP contribution in [-0.2, 0) is 0 Å². The molecular weight excluding hydrogens is 262 g/mol. The molecule has 0 fully saturated rings. The fourth-order valence-electron chi connectivity index (χ4n) is 2.68. The van der Waals surface area contributed by atoms with Crippen LogP contribution < -0.4 is 5.73 Å². The highest BCUT2D eigenvalue weighted by atomic mass is 16.3. The summed E-state index contributed by atoms with van der Waals surface area (Å²) in [5.74, 6) is 0.639. The van der Waals surface area contributed by atoms with Crippen molar-refractivity contribution in [1.82, 2.24) is 9.78 Å². The molecule has 1 heterocycles. The quantitative estimate of drug-likeness (QED) is 0.772. The highest BCUT2D eigenvalue weighted by molar-refractivity contribution is 5.88. The molecule has 108 valence electrons. The third kappa shape index (κ3) is 2.62. The van der Waals surface area contributed by atoms with Crippen molar-refractivity contribution in [2.24, 2.45) is 0 Å². The number of aromatic nitrogens is 2. The van der Waals surface area contributed by atoms with Crippen LogP contribution in [0.4, 0.5) is 5.82 Å². The number of fused-ring (bicyclic) bond motifs is 1. The number of aliphatic hydroxyl groups excluding tert-OH is 1. The largest absolute Gasteiger partial charge is 0.393 e. The van der Waals surface area contributed by atoms with Gasteiger partial charge in [0, 0.05) is 5.39 Å². The van der Waals surface area contributed by atoms with Gasteiger partial charge in [-0.3, -0.25) is 0 Å². The molecule has 0 saturated heterocycles. The summed E-state index contributed by atoms with van der Waals surface area (Å²) >= 11 is 0. The highest BCUT2D eigenvalue weighted by Gasteiger charge is 2.20. The van der Waals surface area contributed by atoms with Gasteiger partial charge in [-0.15, -0.1) is 0 Å². The zero-order valence-corrected chi connectivity index (χ0v) is 12.0. The predicted octanol–water partition coefficient (Wildman–Crippen LogP) is 2.98. The molecule has 3 rings (SSSR count). The molecule has 2 unspecified atom stereocenters. The van der Waals surface area contributed by atoms with Gasteiger partial charge in [0.15, 0.2) is 0 Å². The molecule has 3 N–H and O–H groups in total. The summed E-state index contributed by atoms with van der Waals surface area (Å²) in [4.78, 5) is 0. The van der Waals surface area contributed by atoms with Crippen molar-refractivity contribution in [2.45, 2.75) is 25.5 Å². The monoisotopic (exact) mass is 281 g/mol. The molecule has 2 atom stereocenters. The number of benzene rings is 2. The summed E-state index contributed by atoms with van der Waals surface area (Å²) in [5, 5.41) is 15.4. The Kier molecular flexibility index (Phi) is 3.62. The lowest BCUT2D eigenvalue weighted by Crippen LogP contribution is -2.19. The van der Waals surface area contributed by atoms with E-state index in [1.165, 1.54) is 0 Å². The first kappa shape index (κ1) is 13.6. The normalized spacial score (nSPS) is 14.2. The minimum atomic E-state index is -0.429. The van der Waals surface area contributed by atoms with Gasteiger partial charge in [0.25, 0.3) is 0 Å². The van der Waals surface area contributed by atoms with Gasteiger partial charge in [0.05, 0.1) is 17.7 Å². The van der Waals surface area contributed by atoms with Crippen molar-refractivity contribution in [3.63, 3.8) is 0 Å². The SMILES string of the molecule is CC(O)CC(c1ccccc1)n1nc2ccccc2c1N. The standard InChI is InChI=1S/C17H19N3O/c1-12(21)11-16(13-7-3-2-4-8-13)20-17(18)14-9-5-6-10-15(14)19-20/h2-10,12,16,21H,11,18H2,1H3. The second kappa shape index (κ2) is 5.58. The number of hydrogen-bond donors (Lipinski definition) is 2. The molecule has 0 radical (unpaired) electrons. The maximum atomic E-state index is 9.83. The second-order valence-corrected chi connectivity index (χ2v) is 5.36. The fourth-order valence-corrected chi connectivity index (χ4v) is 2.68. The molecule has 1 aromatic heterocycles. The van der Waals surface area contributed by atoms with Crippen LogP contribution in [0.1, 0.15) is 24.9 Å². The smallest absolute Gasteiger partial charge is 0.130 e. The predicted molar refractivity (Wildman–Crippen MR) is 85.0 cm³/mol. The molecule has 21 heavy (non-hydrogen) atoms. The lowest BCUT2D eigenvalue weighted by Gasteiger charge is -2.20. The van der Waals surface area contributed by atoms with E-state index in [0.717, 1.165) is 16.5 Å². The maximum absolute atomic E-state index is 9.83. The molecular formula is C17H19N3O. The Balaban J connectivity index is 2.12. The Bertz CT molecular complexity index is 734. The van der Waals surface area contributed by atoms with E-state index in [9.17, 15) is 5.11 Å². The van der Waals surface area contributed by atoms with Crippen LogP contribution >= 0.6 is 0 Å². The van der Waals surface area contributed by atoms with Crippen LogP contribution in [0.25, 0.3) is 10.9 Å². The van der Waals surface area contributed by atoms with Gasteiger partial charge in [0.1, 0.15) is 5.82 Å². The summed E-state index contributed by atoms with van der Waals surface area (Å²) in [7, 11) is 0. The van der Waals surface area contributed by atoms with E-state index >= 15 is 0 Å². The van der Waals surface area contributed by atoms with Crippen LogP contribution in [0.5, 0.6) is 0 Å². The first-order valence-corrected chi connectivity index (χ1v) is 7.12. The van der Waals surface area contributed by atoms with Gasteiger partial charge in [-0.2, -0.15) is 5.10 Å². The minimum Gasteiger partial charge on any atom is -0.393 e. The van der Waals surface area contributed by atoms with Crippen LogP contribution in [0.3, 0.4) is 0 Å². The summed E-state index contributed by atoms with van der Waals surface area (Å²) in [6.45, 7) is 1.79. The number of nitrogen functional groups attached to an aromatic ring is 1. The average Bonchev–Trinajstić information content (AvgIpc) is 2.83. The first-order chi connectivity index (χ1) is 10.2. The molecule has 0 aliphatic rings. The molecule has 0 bridgehead atoms. The lowest BCUT2D eigenvalue weighted by atomic mass is 10.0. The highest BCUT2D eigenvalue weighted by Crippen LogP contribution is 2.30. The van der Waals surface area contributed by atoms with Crippen molar-refractivity contribution < 1.29 is 5.11 Å². The van der Waals surface area contributed by atoms with Crippen LogP contribution in [0, 0.1) is 0 Å². The molecule has 2 aromatic carbocycles. The van der Waals surface area contributed by atoms with Crippen LogP contribution in [0.15, 0.2) is 54.6 Å². The van der Waals surface area contributed by atoms with Gasteiger partial charge in [-0.05, 0) is 31.0 Å². The number of nitrogens with two attached hydrogens (primary N) is 1. The van der Waals surface area contributed by atoms with E-state index in [-0.39, 0.29) is 6.04 Å². The van der Waals surface area contributed by atoms with E-state index in [0.29, 0.717) is 12.2 Å². The zero-order valence-electron chi connectivity index (χ0n) is 12.0. The Morgan fingerprint density at radius 2 is 1.76 bits per heavy atom. The molecule has 4 nitrogen and oxygen atoms in total. The van der Waals surface area contributed by atoms with Gasteiger partial charge < -0.3 is 10.8 Å². The van der Waals surface area contributed by atoms with E-state index in [1.54, 1.807) is 6.92 Å². The summed E-state index contributed by atoms with van der Waals surface area (Å²) < 4.78 is 1.83. The number of hydrogen-bond acceptors (Lipinski definition) is 3. The summed E-state index contributed by atoms with van der Waals surface area (Å²) in [6.07, 6.45) is 0.143. The van der Waals surface area contributed by atoms with Crippen molar-refractivity contribution in [2.75, 3.05) is 5.73 Å². The number of aliphatic hydroxyl groups is 1. The minimum absolute atomic E-state index is 0.0707. The van der Waals surface area contributed by atoms with Gasteiger partial charge >= 0.3 is 0 Å². The Hall–Kier alpha value is -2.33. The molecule has 0 spiro atoms. The van der Waals surface area contributed by atoms with Gasteiger partial charge in [-0.25, -0.2) is 4.68 Å². The first-order valence-electron chi connectivity index (χ1n) is 7.12. The van der Waals surface area contributed by atoms with Crippen molar-refractivity contribution in [1.29, 1.82) is 0 Å².